The molecule has 102 valence electrons. The third-order valence-corrected chi connectivity index (χ3v) is 3.47. The van der Waals surface area contributed by atoms with Gasteiger partial charge in [0.25, 0.3) is 0 Å². The third-order valence-electron chi connectivity index (χ3n) is 3.22. The van der Waals surface area contributed by atoms with Gasteiger partial charge < -0.3 is 0 Å². The predicted octanol–water partition coefficient (Wildman–Crippen LogP) is 4.63. The fraction of sp³-hybridized carbons (Fsp3) is 0. The Morgan fingerprint density at radius 3 is 2.29 bits per heavy atom. The smallest absolute Gasteiger partial charge is 0.193 e. The highest BCUT2D eigenvalue weighted by Gasteiger charge is 2.14. The largest absolute Gasteiger partial charge is 0.289 e. The summed E-state index contributed by atoms with van der Waals surface area (Å²) in [5.41, 5.74) is 2.87. The van der Waals surface area contributed by atoms with Crippen molar-refractivity contribution in [2.45, 2.75) is 0 Å². The summed E-state index contributed by atoms with van der Waals surface area (Å²) >= 11 is 5.87. The molecule has 0 spiro atoms. The fourth-order valence-electron chi connectivity index (χ4n) is 2.18. The van der Waals surface area contributed by atoms with Crippen LogP contribution < -0.4 is 0 Å². The number of carbonyl (C=O) groups is 1. The molecule has 0 amide bonds. The third kappa shape index (κ3) is 2.86. The Kier molecular flexibility index (Phi) is 3.80. The second-order valence-electron chi connectivity index (χ2n) is 4.60. The molecule has 1 heterocycles. The number of carbonyl (C=O) groups excluding carboxylic acids is 1. The van der Waals surface area contributed by atoms with Gasteiger partial charge >= 0.3 is 0 Å². The molecule has 1 aromatic heterocycles. The summed E-state index contributed by atoms with van der Waals surface area (Å²) in [6.07, 6.45) is 1.72. The van der Waals surface area contributed by atoms with Crippen LogP contribution in [0.2, 0.25) is 5.02 Å². The van der Waals surface area contributed by atoms with Crippen molar-refractivity contribution in [1.82, 2.24) is 4.98 Å². The summed E-state index contributed by atoms with van der Waals surface area (Å²) < 4.78 is 0. The molecule has 2 nitrogen and oxygen atoms in total. The van der Waals surface area contributed by atoms with E-state index in [-0.39, 0.29) is 5.78 Å². The molecule has 3 rings (SSSR count). The van der Waals surface area contributed by atoms with Gasteiger partial charge in [0, 0.05) is 27.9 Å². The van der Waals surface area contributed by atoms with Crippen LogP contribution in [0.1, 0.15) is 15.9 Å². The number of benzene rings is 2. The lowest BCUT2D eigenvalue weighted by Gasteiger charge is -2.08. The highest BCUT2D eigenvalue weighted by atomic mass is 35.5. The molecular formula is C18H12ClNO. The first kappa shape index (κ1) is 13.5. The molecule has 0 aliphatic carbocycles. The Balaban J connectivity index is 2.07. The van der Waals surface area contributed by atoms with Gasteiger partial charge in [0.05, 0.1) is 5.69 Å². The molecule has 0 saturated carbocycles. The molecule has 0 N–H and O–H groups in total. The van der Waals surface area contributed by atoms with Crippen LogP contribution in [-0.2, 0) is 0 Å². The number of nitrogens with zero attached hydrogens (tertiary/aromatic N) is 1. The second-order valence-corrected chi connectivity index (χ2v) is 5.03. The minimum absolute atomic E-state index is 0.0343. The first-order valence-electron chi connectivity index (χ1n) is 6.56. The molecule has 0 bridgehead atoms. The molecule has 0 unspecified atom stereocenters. The lowest BCUT2D eigenvalue weighted by Crippen LogP contribution is -2.03. The van der Waals surface area contributed by atoms with Gasteiger partial charge in [0.15, 0.2) is 5.78 Å². The van der Waals surface area contributed by atoms with Crippen LogP contribution in [0.15, 0.2) is 72.9 Å². The zero-order valence-electron chi connectivity index (χ0n) is 11.2. The van der Waals surface area contributed by atoms with E-state index in [2.05, 4.69) is 4.98 Å². The van der Waals surface area contributed by atoms with Gasteiger partial charge in [-0.1, -0.05) is 41.9 Å². The van der Waals surface area contributed by atoms with Crippen molar-refractivity contribution in [3.8, 4) is 11.3 Å². The van der Waals surface area contributed by atoms with E-state index in [0.717, 1.165) is 11.3 Å². The summed E-state index contributed by atoms with van der Waals surface area (Å²) in [5.74, 6) is -0.0343. The molecule has 3 heteroatoms. The Bertz CT molecular complexity index is 767. The monoisotopic (exact) mass is 293 g/mol. The van der Waals surface area contributed by atoms with Crippen molar-refractivity contribution in [2.75, 3.05) is 0 Å². The summed E-state index contributed by atoms with van der Waals surface area (Å²) in [5, 5.41) is 0.615. The summed E-state index contributed by atoms with van der Waals surface area (Å²) in [6.45, 7) is 0. The van der Waals surface area contributed by atoms with Crippen LogP contribution in [0.25, 0.3) is 11.3 Å². The lowest BCUT2D eigenvalue weighted by molar-refractivity contribution is 0.103. The van der Waals surface area contributed by atoms with Gasteiger partial charge in [-0.25, -0.2) is 0 Å². The number of ketones is 1. The molecular weight excluding hydrogens is 282 g/mol. The number of hydrogen-bond donors (Lipinski definition) is 0. The predicted molar refractivity (Wildman–Crippen MR) is 84.6 cm³/mol. The van der Waals surface area contributed by atoms with Crippen LogP contribution in [0.5, 0.6) is 0 Å². The van der Waals surface area contributed by atoms with E-state index < -0.39 is 0 Å². The number of aromatic nitrogens is 1. The van der Waals surface area contributed by atoms with Crippen molar-refractivity contribution in [1.29, 1.82) is 0 Å². The van der Waals surface area contributed by atoms with E-state index in [4.69, 9.17) is 11.6 Å². The van der Waals surface area contributed by atoms with Gasteiger partial charge in [-0.2, -0.15) is 0 Å². The highest BCUT2D eigenvalue weighted by molar-refractivity contribution is 6.30. The quantitative estimate of drug-likeness (QED) is 0.659. The molecule has 21 heavy (non-hydrogen) atoms. The number of hydrogen-bond acceptors (Lipinski definition) is 2. The zero-order valence-corrected chi connectivity index (χ0v) is 11.9. The van der Waals surface area contributed by atoms with E-state index >= 15 is 0 Å². The Morgan fingerprint density at radius 2 is 1.57 bits per heavy atom. The van der Waals surface area contributed by atoms with E-state index in [0.29, 0.717) is 16.1 Å². The topological polar surface area (TPSA) is 30.0 Å². The van der Waals surface area contributed by atoms with Gasteiger partial charge in [0.1, 0.15) is 0 Å². The number of halogens is 1. The van der Waals surface area contributed by atoms with Crippen molar-refractivity contribution >= 4 is 17.4 Å². The van der Waals surface area contributed by atoms with Crippen LogP contribution in [0.4, 0.5) is 0 Å². The maximum atomic E-state index is 12.7. The maximum Gasteiger partial charge on any atom is 0.193 e. The Labute approximate surface area is 128 Å². The molecule has 3 aromatic rings. The highest BCUT2D eigenvalue weighted by Crippen LogP contribution is 2.24. The average molecular weight is 294 g/mol. The van der Waals surface area contributed by atoms with Crippen molar-refractivity contribution in [2.24, 2.45) is 0 Å². The number of rotatable bonds is 3. The van der Waals surface area contributed by atoms with E-state index in [1.807, 2.05) is 42.5 Å². The van der Waals surface area contributed by atoms with Crippen LogP contribution in [-0.4, -0.2) is 10.8 Å². The molecule has 0 saturated heterocycles. The normalized spacial score (nSPS) is 10.3. The number of pyridine rings is 1. The fourth-order valence-corrected chi connectivity index (χ4v) is 2.31. The van der Waals surface area contributed by atoms with Crippen molar-refractivity contribution < 1.29 is 4.79 Å². The van der Waals surface area contributed by atoms with Crippen LogP contribution in [0.3, 0.4) is 0 Å². The minimum Gasteiger partial charge on any atom is -0.289 e. The van der Waals surface area contributed by atoms with E-state index in [1.165, 1.54) is 0 Å². The SMILES string of the molecule is O=C(c1ccc(Cl)cc1)c1ccccc1-c1ccccn1. The van der Waals surface area contributed by atoms with Crippen LogP contribution >= 0.6 is 11.6 Å². The van der Waals surface area contributed by atoms with E-state index in [1.54, 1.807) is 30.5 Å². The molecule has 0 aliphatic heterocycles. The minimum atomic E-state index is -0.0343. The van der Waals surface area contributed by atoms with Gasteiger partial charge in [-0.15, -0.1) is 0 Å². The van der Waals surface area contributed by atoms with Gasteiger partial charge in [-0.05, 0) is 36.4 Å². The Hall–Kier alpha value is -2.45. The molecule has 0 aliphatic rings. The zero-order chi connectivity index (χ0) is 14.7. The first-order valence-corrected chi connectivity index (χ1v) is 6.94. The van der Waals surface area contributed by atoms with Gasteiger partial charge in [0.2, 0.25) is 0 Å². The summed E-state index contributed by atoms with van der Waals surface area (Å²) in [4.78, 5) is 17.0. The second kappa shape index (κ2) is 5.90. The lowest BCUT2D eigenvalue weighted by atomic mass is 9.96. The molecule has 0 radical (unpaired) electrons. The summed E-state index contributed by atoms with van der Waals surface area (Å²) in [7, 11) is 0. The maximum absolute atomic E-state index is 12.7. The van der Waals surface area contributed by atoms with Crippen molar-refractivity contribution in [3.05, 3.63) is 89.1 Å². The van der Waals surface area contributed by atoms with Crippen molar-refractivity contribution in [3.63, 3.8) is 0 Å². The summed E-state index contributed by atoms with van der Waals surface area (Å²) in [6, 6.07) is 20.1. The molecule has 0 atom stereocenters. The molecule has 2 aromatic carbocycles. The van der Waals surface area contributed by atoms with Gasteiger partial charge in [-0.3, -0.25) is 9.78 Å². The van der Waals surface area contributed by atoms with E-state index in [9.17, 15) is 4.79 Å². The van der Waals surface area contributed by atoms with Crippen LogP contribution in [0, 0.1) is 0 Å². The standard InChI is InChI=1S/C18H12ClNO/c19-14-10-8-13(9-11-14)18(21)16-6-2-1-5-15(16)17-7-3-4-12-20-17/h1-12H. The first-order chi connectivity index (χ1) is 10.3. The molecule has 0 fully saturated rings. The Morgan fingerprint density at radius 1 is 0.857 bits per heavy atom. The average Bonchev–Trinajstić information content (AvgIpc) is 2.56.